The zero-order valence-electron chi connectivity index (χ0n) is 15.4. The number of likely N-dealkylation sites (tertiary alicyclic amines) is 1. The van der Waals surface area contributed by atoms with Crippen LogP contribution in [0.3, 0.4) is 0 Å². The number of carbonyl (C=O) groups excluding carboxylic acids is 1. The fourth-order valence-electron chi connectivity index (χ4n) is 4.71. The minimum absolute atomic E-state index is 0.341. The molecule has 1 unspecified atom stereocenters. The molecule has 24 heavy (non-hydrogen) atoms. The molecule has 0 spiro atoms. The number of amides is 1. The van der Waals surface area contributed by atoms with Crippen LogP contribution in [0.4, 0.5) is 0 Å². The molecule has 0 bridgehead atoms. The SMILES string of the molecule is COCCC1CCCN(CC(=O)N2CCN(C3CCCC3)CC2)C1. The molecule has 1 saturated carbocycles. The lowest BCUT2D eigenvalue weighted by Crippen LogP contribution is -2.53. The van der Waals surface area contributed by atoms with Crippen molar-refractivity contribution in [2.75, 3.05) is 59.5 Å². The minimum atomic E-state index is 0.341. The number of piperazine rings is 1. The van der Waals surface area contributed by atoms with Crippen LogP contribution >= 0.6 is 0 Å². The second-order valence-corrected chi connectivity index (χ2v) is 7.88. The fourth-order valence-corrected chi connectivity index (χ4v) is 4.71. The number of methoxy groups -OCH3 is 1. The molecule has 1 aliphatic carbocycles. The third-order valence-electron chi connectivity index (χ3n) is 6.20. The van der Waals surface area contributed by atoms with E-state index in [1.165, 1.54) is 38.5 Å². The van der Waals surface area contributed by atoms with Crippen LogP contribution in [0.15, 0.2) is 0 Å². The number of carbonyl (C=O) groups is 1. The van der Waals surface area contributed by atoms with Crippen LogP contribution in [0.25, 0.3) is 0 Å². The molecule has 3 fully saturated rings. The topological polar surface area (TPSA) is 36.0 Å². The first-order valence-electron chi connectivity index (χ1n) is 9.99. The van der Waals surface area contributed by atoms with E-state index in [9.17, 15) is 4.79 Å². The summed E-state index contributed by atoms with van der Waals surface area (Å²) in [4.78, 5) is 19.8. The van der Waals surface area contributed by atoms with Crippen molar-refractivity contribution in [2.45, 2.75) is 51.0 Å². The molecule has 1 atom stereocenters. The Balaban J connectivity index is 1.39. The Morgan fingerprint density at radius 2 is 1.75 bits per heavy atom. The summed E-state index contributed by atoms with van der Waals surface area (Å²) in [5.74, 6) is 1.04. The van der Waals surface area contributed by atoms with Crippen molar-refractivity contribution in [3.05, 3.63) is 0 Å². The summed E-state index contributed by atoms with van der Waals surface area (Å²) in [6.45, 7) is 7.61. The van der Waals surface area contributed by atoms with Gasteiger partial charge in [-0.25, -0.2) is 0 Å². The van der Waals surface area contributed by atoms with Gasteiger partial charge in [0.05, 0.1) is 6.54 Å². The lowest BCUT2D eigenvalue weighted by atomic mass is 9.95. The van der Waals surface area contributed by atoms with Crippen molar-refractivity contribution in [2.24, 2.45) is 5.92 Å². The first kappa shape index (κ1) is 18.2. The van der Waals surface area contributed by atoms with Crippen LogP contribution in [0.5, 0.6) is 0 Å². The highest BCUT2D eigenvalue weighted by molar-refractivity contribution is 5.78. The Morgan fingerprint density at radius 3 is 2.46 bits per heavy atom. The zero-order chi connectivity index (χ0) is 16.8. The van der Waals surface area contributed by atoms with E-state index in [0.29, 0.717) is 18.4 Å². The van der Waals surface area contributed by atoms with Gasteiger partial charge in [0.25, 0.3) is 0 Å². The average Bonchev–Trinajstić information content (AvgIpc) is 3.15. The summed E-state index contributed by atoms with van der Waals surface area (Å²) in [7, 11) is 1.77. The third-order valence-corrected chi connectivity index (χ3v) is 6.20. The van der Waals surface area contributed by atoms with Gasteiger partial charge in [0.2, 0.25) is 5.91 Å². The van der Waals surface area contributed by atoms with E-state index in [0.717, 1.165) is 58.3 Å². The average molecular weight is 338 g/mol. The minimum Gasteiger partial charge on any atom is -0.385 e. The van der Waals surface area contributed by atoms with Crippen molar-refractivity contribution >= 4 is 5.91 Å². The molecule has 0 aromatic heterocycles. The van der Waals surface area contributed by atoms with E-state index in [-0.39, 0.29) is 0 Å². The molecule has 0 aromatic carbocycles. The van der Waals surface area contributed by atoms with Gasteiger partial charge >= 0.3 is 0 Å². The van der Waals surface area contributed by atoms with Crippen molar-refractivity contribution in [3.63, 3.8) is 0 Å². The summed E-state index contributed by atoms with van der Waals surface area (Å²) < 4.78 is 5.21. The van der Waals surface area contributed by atoms with Crippen molar-refractivity contribution in [3.8, 4) is 0 Å². The quantitative estimate of drug-likeness (QED) is 0.741. The van der Waals surface area contributed by atoms with Gasteiger partial charge in [-0.1, -0.05) is 12.8 Å². The first-order valence-corrected chi connectivity index (χ1v) is 9.99. The molecular weight excluding hydrogens is 302 g/mol. The number of hydrogen-bond donors (Lipinski definition) is 0. The van der Waals surface area contributed by atoms with Crippen LogP contribution in [0.2, 0.25) is 0 Å². The Kier molecular flexibility index (Phi) is 6.93. The Morgan fingerprint density at radius 1 is 1.00 bits per heavy atom. The predicted molar refractivity (Wildman–Crippen MR) is 96.1 cm³/mol. The summed E-state index contributed by atoms with van der Waals surface area (Å²) in [5, 5.41) is 0. The highest BCUT2D eigenvalue weighted by Gasteiger charge is 2.29. The largest absolute Gasteiger partial charge is 0.385 e. The molecule has 2 heterocycles. The van der Waals surface area contributed by atoms with Gasteiger partial charge in [-0.05, 0) is 44.6 Å². The number of ether oxygens (including phenoxy) is 1. The van der Waals surface area contributed by atoms with Gasteiger partial charge in [0, 0.05) is 52.5 Å². The normalized spacial score (nSPS) is 27.7. The first-order chi connectivity index (χ1) is 11.8. The summed E-state index contributed by atoms with van der Waals surface area (Å²) >= 11 is 0. The zero-order valence-corrected chi connectivity index (χ0v) is 15.4. The molecule has 0 N–H and O–H groups in total. The molecule has 1 amide bonds. The van der Waals surface area contributed by atoms with Gasteiger partial charge in [0.15, 0.2) is 0 Å². The Bertz CT molecular complexity index is 390. The third kappa shape index (κ3) is 4.93. The van der Waals surface area contributed by atoms with Crippen molar-refractivity contribution in [1.82, 2.24) is 14.7 Å². The molecular formula is C19H35N3O2. The van der Waals surface area contributed by atoms with Gasteiger partial charge < -0.3 is 9.64 Å². The maximum atomic E-state index is 12.7. The van der Waals surface area contributed by atoms with E-state index < -0.39 is 0 Å². The second kappa shape index (κ2) is 9.16. The Hall–Kier alpha value is -0.650. The van der Waals surface area contributed by atoms with Crippen LogP contribution in [-0.2, 0) is 9.53 Å². The smallest absolute Gasteiger partial charge is 0.236 e. The number of hydrogen-bond acceptors (Lipinski definition) is 4. The van der Waals surface area contributed by atoms with Crippen LogP contribution < -0.4 is 0 Å². The maximum absolute atomic E-state index is 12.7. The van der Waals surface area contributed by atoms with Crippen LogP contribution in [0.1, 0.15) is 44.9 Å². The molecule has 0 radical (unpaired) electrons. The van der Waals surface area contributed by atoms with E-state index in [2.05, 4.69) is 14.7 Å². The highest BCUT2D eigenvalue weighted by atomic mass is 16.5. The molecule has 138 valence electrons. The molecule has 0 aromatic rings. The molecule has 3 aliphatic rings. The molecule has 5 heteroatoms. The van der Waals surface area contributed by atoms with Crippen molar-refractivity contribution < 1.29 is 9.53 Å². The number of piperidine rings is 1. The lowest BCUT2D eigenvalue weighted by Gasteiger charge is -2.39. The van der Waals surface area contributed by atoms with Crippen LogP contribution in [-0.4, -0.2) is 86.2 Å². The van der Waals surface area contributed by atoms with Crippen LogP contribution in [0, 0.1) is 5.92 Å². The van der Waals surface area contributed by atoms with Gasteiger partial charge in [-0.15, -0.1) is 0 Å². The Labute approximate surface area is 147 Å². The standard InChI is InChI=1S/C19H35N3O2/c1-24-14-8-17-5-4-9-20(15-17)16-19(23)22-12-10-21(11-13-22)18-6-2-3-7-18/h17-18H,2-16H2,1H3. The van der Waals surface area contributed by atoms with E-state index >= 15 is 0 Å². The summed E-state index contributed by atoms with van der Waals surface area (Å²) in [6, 6.07) is 0.797. The number of rotatable bonds is 6. The molecule has 5 nitrogen and oxygen atoms in total. The van der Waals surface area contributed by atoms with Gasteiger partial charge in [-0.2, -0.15) is 0 Å². The van der Waals surface area contributed by atoms with Gasteiger partial charge in [-0.3, -0.25) is 14.6 Å². The predicted octanol–water partition coefficient (Wildman–Crippen LogP) is 1.82. The number of nitrogens with zero attached hydrogens (tertiary/aromatic N) is 3. The lowest BCUT2D eigenvalue weighted by molar-refractivity contribution is -0.135. The van der Waals surface area contributed by atoms with E-state index in [1.54, 1.807) is 7.11 Å². The monoisotopic (exact) mass is 337 g/mol. The molecule has 2 saturated heterocycles. The second-order valence-electron chi connectivity index (χ2n) is 7.88. The van der Waals surface area contributed by atoms with Gasteiger partial charge in [0.1, 0.15) is 0 Å². The fraction of sp³-hybridized carbons (Fsp3) is 0.947. The van der Waals surface area contributed by atoms with Crippen molar-refractivity contribution in [1.29, 1.82) is 0 Å². The summed E-state index contributed by atoms with van der Waals surface area (Å²) in [6.07, 6.45) is 9.15. The summed E-state index contributed by atoms with van der Waals surface area (Å²) in [5.41, 5.74) is 0. The maximum Gasteiger partial charge on any atom is 0.236 e. The molecule has 3 rings (SSSR count). The van der Waals surface area contributed by atoms with E-state index in [1.807, 2.05) is 0 Å². The van der Waals surface area contributed by atoms with E-state index in [4.69, 9.17) is 4.74 Å². The highest BCUT2D eigenvalue weighted by Crippen LogP contribution is 2.24. The molecule has 2 aliphatic heterocycles.